The Hall–Kier alpha value is -3.79. The minimum Gasteiger partial charge on any atom is -0.507 e. The molecule has 3 aromatic rings. The maximum Gasteiger partial charge on any atom is 0.300 e. The van der Waals surface area contributed by atoms with Gasteiger partial charge in [0, 0.05) is 10.7 Å². The molecule has 6 nitrogen and oxygen atoms in total. The van der Waals surface area contributed by atoms with Gasteiger partial charge in [0.1, 0.15) is 11.5 Å². The summed E-state index contributed by atoms with van der Waals surface area (Å²) in [4.78, 5) is 27.7. The van der Waals surface area contributed by atoms with Crippen LogP contribution in [0.15, 0.2) is 72.3 Å². The van der Waals surface area contributed by atoms with Gasteiger partial charge in [0.2, 0.25) is 0 Å². The molecule has 3 aromatic carbocycles. The Kier molecular flexibility index (Phi) is 6.10. The van der Waals surface area contributed by atoms with Gasteiger partial charge in [-0.25, -0.2) is 0 Å². The third-order valence-corrected chi connectivity index (χ3v) is 5.80. The van der Waals surface area contributed by atoms with Crippen LogP contribution in [0.5, 0.6) is 5.75 Å². The second kappa shape index (κ2) is 8.99. The lowest BCUT2D eigenvalue weighted by Crippen LogP contribution is -2.29. The predicted octanol–water partition coefficient (Wildman–Crippen LogP) is 5.50. The lowest BCUT2D eigenvalue weighted by atomic mass is 9.95. The first-order valence-electron chi connectivity index (χ1n) is 9.77. The Balaban J connectivity index is 1.98. The van der Waals surface area contributed by atoms with Crippen molar-refractivity contribution in [1.82, 2.24) is 0 Å². The van der Waals surface area contributed by atoms with E-state index in [0.29, 0.717) is 16.8 Å². The number of amides is 1. The molecule has 33 heavy (non-hydrogen) atoms. The molecule has 1 heterocycles. The minimum absolute atomic E-state index is 0.0914. The number of hydrogen-bond acceptors (Lipinski definition) is 5. The van der Waals surface area contributed by atoms with Gasteiger partial charge >= 0.3 is 0 Å². The number of aliphatic hydroxyl groups excluding tert-OH is 1. The summed E-state index contributed by atoms with van der Waals surface area (Å²) < 4.78 is 5.33. The van der Waals surface area contributed by atoms with Gasteiger partial charge in [0.25, 0.3) is 11.7 Å². The Labute approximate surface area is 199 Å². The van der Waals surface area contributed by atoms with Gasteiger partial charge in [-0.3, -0.25) is 14.5 Å². The summed E-state index contributed by atoms with van der Waals surface area (Å²) >= 11 is 12.4. The average Bonchev–Trinajstić information content (AvgIpc) is 3.09. The fourth-order valence-electron chi connectivity index (χ4n) is 3.83. The quantitative estimate of drug-likeness (QED) is 0.303. The summed E-state index contributed by atoms with van der Waals surface area (Å²) in [5, 5.41) is 20.7. The Morgan fingerprint density at radius 3 is 2.33 bits per heavy atom. The molecular formula is C25H16Cl2N2O4. The highest BCUT2D eigenvalue weighted by molar-refractivity contribution is 6.51. The first-order chi connectivity index (χ1) is 15.9. The lowest BCUT2D eigenvalue weighted by molar-refractivity contribution is -0.132. The van der Waals surface area contributed by atoms with Crippen molar-refractivity contribution in [3.05, 3.63) is 99.0 Å². The number of nitriles is 1. The highest BCUT2D eigenvalue weighted by Crippen LogP contribution is 2.44. The summed E-state index contributed by atoms with van der Waals surface area (Å²) in [5.41, 5.74) is 1.38. The third kappa shape index (κ3) is 3.93. The maximum absolute atomic E-state index is 13.2. The van der Waals surface area contributed by atoms with E-state index in [4.69, 9.17) is 33.2 Å². The van der Waals surface area contributed by atoms with Gasteiger partial charge in [-0.2, -0.15) is 5.26 Å². The zero-order valence-electron chi connectivity index (χ0n) is 17.3. The van der Waals surface area contributed by atoms with Crippen molar-refractivity contribution in [2.24, 2.45) is 0 Å². The van der Waals surface area contributed by atoms with Crippen LogP contribution >= 0.6 is 23.2 Å². The van der Waals surface area contributed by atoms with Crippen LogP contribution in [0.4, 0.5) is 5.69 Å². The number of halogens is 2. The van der Waals surface area contributed by atoms with Crippen molar-refractivity contribution in [2.45, 2.75) is 6.04 Å². The highest BCUT2D eigenvalue weighted by Gasteiger charge is 2.47. The number of ketones is 1. The van der Waals surface area contributed by atoms with E-state index in [0.717, 1.165) is 0 Å². The van der Waals surface area contributed by atoms with Crippen LogP contribution in [0, 0.1) is 11.3 Å². The molecule has 1 saturated heterocycles. The average molecular weight is 479 g/mol. The summed E-state index contributed by atoms with van der Waals surface area (Å²) in [6.07, 6.45) is 0. The Bertz CT molecular complexity index is 1330. The number of methoxy groups -OCH3 is 1. The van der Waals surface area contributed by atoms with Crippen molar-refractivity contribution in [1.29, 1.82) is 5.26 Å². The van der Waals surface area contributed by atoms with E-state index >= 15 is 0 Å². The summed E-state index contributed by atoms with van der Waals surface area (Å²) in [6.45, 7) is 0. The van der Waals surface area contributed by atoms with Crippen molar-refractivity contribution in [3.8, 4) is 11.8 Å². The van der Waals surface area contributed by atoms with Crippen LogP contribution in [0.3, 0.4) is 0 Å². The zero-order chi connectivity index (χ0) is 23.7. The van der Waals surface area contributed by atoms with E-state index in [9.17, 15) is 14.7 Å². The third-order valence-electron chi connectivity index (χ3n) is 5.30. The Morgan fingerprint density at radius 2 is 1.73 bits per heavy atom. The van der Waals surface area contributed by atoms with Crippen LogP contribution in [0.25, 0.3) is 5.76 Å². The van der Waals surface area contributed by atoms with Crippen molar-refractivity contribution < 1.29 is 19.4 Å². The normalized spacial score (nSPS) is 17.2. The number of ether oxygens (including phenoxy) is 1. The molecule has 0 spiro atoms. The molecule has 1 amide bonds. The number of carbonyl (C=O) groups excluding carboxylic acids is 2. The molecule has 1 aliphatic heterocycles. The van der Waals surface area contributed by atoms with Gasteiger partial charge in [-0.1, -0.05) is 53.5 Å². The molecular weight excluding hydrogens is 463 g/mol. The first-order valence-corrected chi connectivity index (χ1v) is 10.5. The van der Waals surface area contributed by atoms with Crippen LogP contribution < -0.4 is 9.64 Å². The van der Waals surface area contributed by atoms with Crippen LogP contribution in [0.2, 0.25) is 10.0 Å². The van der Waals surface area contributed by atoms with Gasteiger partial charge in [0.15, 0.2) is 0 Å². The molecule has 1 N–H and O–H groups in total. The molecule has 4 rings (SSSR count). The first kappa shape index (κ1) is 22.4. The van der Waals surface area contributed by atoms with Crippen molar-refractivity contribution in [2.75, 3.05) is 12.0 Å². The van der Waals surface area contributed by atoms with Crippen LogP contribution in [-0.2, 0) is 9.59 Å². The molecule has 8 heteroatoms. The number of aliphatic hydroxyl groups is 1. The second-order valence-electron chi connectivity index (χ2n) is 7.21. The van der Waals surface area contributed by atoms with Crippen LogP contribution in [-0.4, -0.2) is 23.9 Å². The molecule has 0 aliphatic carbocycles. The second-order valence-corrected chi connectivity index (χ2v) is 8.05. The molecule has 1 atom stereocenters. The van der Waals surface area contributed by atoms with Gasteiger partial charge in [0.05, 0.1) is 40.9 Å². The number of anilines is 1. The number of hydrogen-bond donors (Lipinski definition) is 1. The van der Waals surface area contributed by atoms with E-state index in [2.05, 4.69) is 0 Å². The molecule has 0 radical (unpaired) electrons. The smallest absolute Gasteiger partial charge is 0.300 e. The largest absolute Gasteiger partial charge is 0.507 e. The van der Waals surface area contributed by atoms with Gasteiger partial charge in [-0.15, -0.1) is 0 Å². The molecule has 1 aliphatic rings. The van der Waals surface area contributed by atoms with Gasteiger partial charge in [-0.05, 0) is 42.0 Å². The van der Waals surface area contributed by atoms with E-state index in [1.165, 1.54) is 24.1 Å². The molecule has 1 unspecified atom stereocenters. The lowest BCUT2D eigenvalue weighted by Gasteiger charge is -2.25. The predicted molar refractivity (Wildman–Crippen MR) is 125 cm³/mol. The standard InChI is InChI=1S/C25H16Cl2N2O4/c1-33-24-18(11-16(26)12-19(24)27)22(30)20-21(15-5-3-2-4-6-15)29(25(32)23(20)31)17-9-7-14(13-28)8-10-17/h2-12,21,30H,1H3/b22-20+. The minimum atomic E-state index is -0.929. The van der Waals surface area contributed by atoms with E-state index in [1.807, 2.05) is 6.07 Å². The fraction of sp³-hybridized carbons (Fsp3) is 0.0800. The Morgan fingerprint density at radius 1 is 1.06 bits per heavy atom. The maximum atomic E-state index is 13.2. The number of carbonyl (C=O) groups is 2. The van der Waals surface area contributed by atoms with E-state index in [-0.39, 0.29) is 26.9 Å². The summed E-state index contributed by atoms with van der Waals surface area (Å²) in [6, 6.07) is 19.1. The monoisotopic (exact) mass is 478 g/mol. The topological polar surface area (TPSA) is 90.6 Å². The number of nitrogens with zero attached hydrogens (tertiary/aromatic N) is 2. The van der Waals surface area contributed by atoms with E-state index < -0.39 is 23.5 Å². The molecule has 0 saturated carbocycles. The van der Waals surface area contributed by atoms with E-state index in [1.54, 1.807) is 54.6 Å². The molecule has 0 aromatic heterocycles. The molecule has 0 bridgehead atoms. The van der Waals surface area contributed by atoms with Gasteiger partial charge < -0.3 is 9.84 Å². The molecule has 164 valence electrons. The zero-order valence-corrected chi connectivity index (χ0v) is 18.8. The number of rotatable bonds is 4. The number of benzene rings is 3. The van der Waals surface area contributed by atoms with Crippen LogP contribution in [0.1, 0.15) is 22.7 Å². The highest BCUT2D eigenvalue weighted by atomic mass is 35.5. The number of Topliss-reactive ketones (excluding diaryl/α,β-unsaturated/α-hetero) is 1. The SMILES string of the molecule is COc1c(Cl)cc(Cl)cc1/C(O)=C1\C(=O)C(=O)N(c2ccc(C#N)cc2)C1c1ccccc1. The van der Waals surface area contributed by atoms with Crippen molar-refractivity contribution in [3.63, 3.8) is 0 Å². The molecule has 1 fully saturated rings. The summed E-state index contributed by atoms with van der Waals surface area (Å²) in [5.74, 6) is -2.03. The fourth-order valence-corrected chi connectivity index (χ4v) is 4.41. The summed E-state index contributed by atoms with van der Waals surface area (Å²) in [7, 11) is 1.37. The van der Waals surface area contributed by atoms with Crippen molar-refractivity contribution >= 4 is 46.3 Å².